The number of ether oxygens (including phenoxy) is 1. The van der Waals surface area contributed by atoms with Crippen molar-refractivity contribution in [2.24, 2.45) is 0 Å². The van der Waals surface area contributed by atoms with Crippen LogP contribution >= 0.6 is 0 Å². The summed E-state index contributed by atoms with van der Waals surface area (Å²) in [7, 11) is 1.75. The number of anilines is 2. The number of carbonyl (C=O) groups excluding carboxylic acids is 1. The summed E-state index contributed by atoms with van der Waals surface area (Å²) in [4.78, 5) is 20.9. The molecule has 0 atom stereocenters. The minimum Gasteiger partial charge on any atom is -0.465 e. The van der Waals surface area contributed by atoms with Crippen LogP contribution < -0.4 is 10.6 Å². The largest absolute Gasteiger partial charge is 0.465 e. The normalized spacial score (nSPS) is 9.94. The van der Waals surface area contributed by atoms with E-state index in [1.165, 1.54) is 0 Å². The van der Waals surface area contributed by atoms with Gasteiger partial charge in [-0.05, 0) is 13.8 Å². The van der Waals surface area contributed by atoms with Gasteiger partial charge in [-0.3, -0.25) is 4.79 Å². The molecular formula is C10H16N4O2. The second-order valence-corrected chi connectivity index (χ2v) is 3.39. The third kappa shape index (κ3) is 3.38. The van der Waals surface area contributed by atoms with Crippen LogP contribution in [-0.4, -0.2) is 36.1 Å². The van der Waals surface area contributed by atoms with Gasteiger partial charge in [-0.2, -0.15) is 4.98 Å². The SMILES string of the molecule is CCOC(=O)CN(C)c1cc(C)nc(N)n1. The molecule has 0 aliphatic heterocycles. The lowest BCUT2D eigenvalue weighted by Crippen LogP contribution is -2.28. The number of aryl methyl sites for hydroxylation is 1. The van der Waals surface area contributed by atoms with Gasteiger partial charge in [0.2, 0.25) is 5.95 Å². The van der Waals surface area contributed by atoms with Gasteiger partial charge in [0.05, 0.1) is 6.61 Å². The summed E-state index contributed by atoms with van der Waals surface area (Å²) in [6, 6.07) is 1.76. The van der Waals surface area contributed by atoms with E-state index >= 15 is 0 Å². The summed E-state index contributed by atoms with van der Waals surface area (Å²) < 4.78 is 4.84. The van der Waals surface area contributed by atoms with Crippen molar-refractivity contribution in [2.45, 2.75) is 13.8 Å². The summed E-state index contributed by atoms with van der Waals surface area (Å²) in [5.41, 5.74) is 6.28. The Morgan fingerprint density at radius 1 is 1.56 bits per heavy atom. The van der Waals surface area contributed by atoms with Crippen LogP contribution in [0.15, 0.2) is 6.07 Å². The van der Waals surface area contributed by atoms with Crippen LogP contribution in [0.4, 0.5) is 11.8 Å². The maximum atomic E-state index is 11.3. The van der Waals surface area contributed by atoms with Gasteiger partial charge in [-0.15, -0.1) is 0 Å². The van der Waals surface area contributed by atoms with Gasteiger partial charge < -0.3 is 15.4 Å². The van der Waals surface area contributed by atoms with E-state index in [0.717, 1.165) is 5.69 Å². The molecule has 1 aromatic heterocycles. The molecule has 0 spiro atoms. The third-order valence-electron chi connectivity index (χ3n) is 1.92. The van der Waals surface area contributed by atoms with E-state index in [1.807, 2.05) is 6.92 Å². The highest BCUT2D eigenvalue weighted by Crippen LogP contribution is 2.11. The van der Waals surface area contributed by atoms with Gasteiger partial charge in [0, 0.05) is 18.8 Å². The van der Waals surface area contributed by atoms with Crippen molar-refractivity contribution in [3.8, 4) is 0 Å². The second kappa shape index (κ2) is 5.29. The highest BCUT2D eigenvalue weighted by molar-refractivity contribution is 5.75. The number of aromatic nitrogens is 2. The molecule has 6 nitrogen and oxygen atoms in total. The smallest absolute Gasteiger partial charge is 0.325 e. The standard InChI is InChI=1S/C10H16N4O2/c1-4-16-9(15)6-14(3)8-5-7(2)12-10(11)13-8/h5H,4,6H2,1-3H3,(H2,11,12,13). The molecule has 0 unspecified atom stereocenters. The molecule has 2 N–H and O–H groups in total. The van der Waals surface area contributed by atoms with Crippen LogP contribution in [0.1, 0.15) is 12.6 Å². The number of nitrogen functional groups attached to an aromatic ring is 1. The van der Waals surface area contributed by atoms with Gasteiger partial charge in [0.25, 0.3) is 0 Å². The maximum Gasteiger partial charge on any atom is 0.325 e. The number of nitrogens with zero attached hydrogens (tertiary/aromatic N) is 3. The molecule has 0 saturated carbocycles. The van der Waals surface area contributed by atoms with Crippen LogP contribution in [0.25, 0.3) is 0 Å². The molecule has 88 valence electrons. The zero-order valence-corrected chi connectivity index (χ0v) is 9.73. The molecular weight excluding hydrogens is 208 g/mol. The van der Waals surface area contributed by atoms with Gasteiger partial charge in [0.15, 0.2) is 0 Å². The lowest BCUT2D eigenvalue weighted by molar-refractivity contribution is -0.141. The van der Waals surface area contributed by atoms with Gasteiger partial charge in [-0.25, -0.2) is 4.98 Å². The van der Waals surface area contributed by atoms with Crippen LogP contribution in [0, 0.1) is 6.92 Å². The monoisotopic (exact) mass is 224 g/mol. The number of carbonyl (C=O) groups is 1. The number of esters is 1. The molecule has 0 bridgehead atoms. The predicted octanol–water partition coefficient (Wildman–Crippen LogP) is 0.367. The molecule has 0 aliphatic carbocycles. The van der Waals surface area contributed by atoms with Gasteiger partial charge >= 0.3 is 5.97 Å². The fourth-order valence-electron chi connectivity index (χ4n) is 1.25. The quantitative estimate of drug-likeness (QED) is 0.744. The topological polar surface area (TPSA) is 81.3 Å². The third-order valence-corrected chi connectivity index (χ3v) is 1.92. The average Bonchev–Trinajstić information content (AvgIpc) is 2.16. The minimum absolute atomic E-state index is 0.143. The molecule has 0 saturated heterocycles. The molecule has 0 aromatic carbocycles. The Morgan fingerprint density at radius 3 is 2.81 bits per heavy atom. The van der Waals surface area contributed by atoms with E-state index < -0.39 is 0 Å². The van der Waals surface area contributed by atoms with Crippen molar-refractivity contribution < 1.29 is 9.53 Å². The van der Waals surface area contributed by atoms with Crippen molar-refractivity contribution in [1.82, 2.24) is 9.97 Å². The van der Waals surface area contributed by atoms with E-state index in [4.69, 9.17) is 10.5 Å². The van der Waals surface area contributed by atoms with Crippen LogP contribution in [0.3, 0.4) is 0 Å². The first-order valence-electron chi connectivity index (χ1n) is 5.01. The number of hydrogen-bond acceptors (Lipinski definition) is 6. The molecule has 0 amide bonds. The van der Waals surface area contributed by atoms with Crippen LogP contribution in [0.5, 0.6) is 0 Å². The van der Waals surface area contributed by atoms with Crippen molar-refractivity contribution in [2.75, 3.05) is 30.8 Å². The first kappa shape index (κ1) is 12.2. The highest BCUT2D eigenvalue weighted by Gasteiger charge is 2.10. The summed E-state index contributed by atoms with van der Waals surface area (Å²) in [5, 5.41) is 0. The lowest BCUT2D eigenvalue weighted by Gasteiger charge is -2.17. The zero-order chi connectivity index (χ0) is 12.1. The van der Waals surface area contributed by atoms with Gasteiger partial charge in [0.1, 0.15) is 12.4 Å². The Bertz CT molecular complexity index is 361. The molecule has 0 aliphatic rings. The van der Waals surface area contributed by atoms with E-state index in [1.54, 1.807) is 24.9 Å². The average molecular weight is 224 g/mol. The van der Waals surface area contributed by atoms with Crippen LogP contribution in [-0.2, 0) is 9.53 Å². The molecule has 16 heavy (non-hydrogen) atoms. The van der Waals surface area contributed by atoms with Crippen molar-refractivity contribution in [3.63, 3.8) is 0 Å². The Kier molecular flexibility index (Phi) is 4.04. The van der Waals surface area contributed by atoms with Crippen molar-refractivity contribution in [3.05, 3.63) is 11.8 Å². The number of nitrogens with two attached hydrogens (primary N) is 1. The molecule has 1 heterocycles. The second-order valence-electron chi connectivity index (χ2n) is 3.39. The van der Waals surface area contributed by atoms with Crippen LogP contribution in [0.2, 0.25) is 0 Å². The fourth-order valence-corrected chi connectivity index (χ4v) is 1.25. The summed E-state index contributed by atoms with van der Waals surface area (Å²) >= 11 is 0. The molecule has 0 radical (unpaired) electrons. The summed E-state index contributed by atoms with van der Waals surface area (Å²) in [6.07, 6.45) is 0. The fraction of sp³-hybridized carbons (Fsp3) is 0.500. The van der Waals surface area contributed by atoms with E-state index in [-0.39, 0.29) is 18.5 Å². The van der Waals surface area contributed by atoms with Gasteiger partial charge in [-0.1, -0.05) is 0 Å². The van der Waals surface area contributed by atoms with E-state index in [2.05, 4.69) is 9.97 Å². The van der Waals surface area contributed by atoms with E-state index in [9.17, 15) is 4.79 Å². The molecule has 0 fully saturated rings. The Labute approximate surface area is 94.4 Å². The number of hydrogen-bond donors (Lipinski definition) is 1. The van der Waals surface area contributed by atoms with Crippen molar-refractivity contribution in [1.29, 1.82) is 0 Å². The van der Waals surface area contributed by atoms with Crippen molar-refractivity contribution >= 4 is 17.7 Å². The maximum absolute atomic E-state index is 11.3. The first-order chi connectivity index (χ1) is 7.52. The highest BCUT2D eigenvalue weighted by atomic mass is 16.5. The molecule has 1 aromatic rings. The molecule has 6 heteroatoms. The molecule has 1 rings (SSSR count). The zero-order valence-electron chi connectivity index (χ0n) is 9.73. The predicted molar refractivity (Wildman–Crippen MR) is 61.1 cm³/mol. The first-order valence-corrected chi connectivity index (χ1v) is 5.01. The summed E-state index contributed by atoms with van der Waals surface area (Å²) in [5.74, 6) is 0.517. The lowest BCUT2D eigenvalue weighted by atomic mass is 10.4. The summed E-state index contributed by atoms with van der Waals surface area (Å²) in [6.45, 7) is 4.10. The number of rotatable bonds is 4. The van der Waals surface area contributed by atoms with E-state index in [0.29, 0.717) is 12.4 Å². The number of likely N-dealkylation sites (N-methyl/N-ethyl adjacent to an activating group) is 1. The minimum atomic E-state index is -0.292. The Morgan fingerprint density at radius 2 is 2.25 bits per heavy atom. The Hall–Kier alpha value is -1.85. The Balaban J connectivity index is 2.72.